The van der Waals surface area contributed by atoms with E-state index in [9.17, 15) is 9.59 Å². The zero-order chi connectivity index (χ0) is 18.9. The minimum atomic E-state index is -0.366. The van der Waals surface area contributed by atoms with E-state index in [0.29, 0.717) is 23.1 Å². The summed E-state index contributed by atoms with van der Waals surface area (Å²) in [6, 6.07) is 18.8. The molecule has 6 nitrogen and oxygen atoms in total. The van der Waals surface area contributed by atoms with E-state index in [1.54, 1.807) is 17.5 Å². The fourth-order valence-electron chi connectivity index (χ4n) is 2.44. The number of nitrogens with zero attached hydrogens (tertiary/aromatic N) is 1. The molecular weight excluding hydrogens is 360 g/mol. The summed E-state index contributed by atoms with van der Waals surface area (Å²) in [6.45, 7) is 0.581. The number of anilines is 2. The van der Waals surface area contributed by atoms with E-state index in [2.05, 4.69) is 20.9 Å². The molecule has 0 fully saturated rings. The maximum Gasteiger partial charge on any atom is 0.325 e. The van der Waals surface area contributed by atoms with Crippen LogP contribution < -0.4 is 16.0 Å². The number of para-hydroxylation sites is 1. The average molecular weight is 380 g/mol. The Hall–Kier alpha value is -3.19. The van der Waals surface area contributed by atoms with Gasteiger partial charge in [-0.25, -0.2) is 9.78 Å². The molecule has 0 unspecified atom stereocenters. The van der Waals surface area contributed by atoms with Gasteiger partial charge in [0.15, 0.2) is 5.13 Å². The normalized spacial score (nSPS) is 10.2. The molecule has 3 amide bonds. The second-order valence-electron chi connectivity index (χ2n) is 5.85. The smallest absolute Gasteiger partial charge is 0.325 e. The minimum Gasteiger partial charge on any atom is -0.355 e. The van der Waals surface area contributed by atoms with E-state index in [1.165, 1.54) is 16.9 Å². The van der Waals surface area contributed by atoms with E-state index >= 15 is 0 Å². The number of urea groups is 1. The van der Waals surface area contributed by atoms with Gasteiger partial charge in [-0.3, -0.25) is 10.1 Å². The van der Waals surface area contributed by atoms with Crippen molar-refractivity contribution in [1.82, 2.24) is 10.3 Å². The van der Waals surface area contributed by atoms with Crippen molar-refractivity contribution in [2.75, 3.05) is 17.2 Å². The van der Waals surface area contributed by atoms with Crippen LogP contribution in [0.3, 0.4) is 0 Å². The molecule has 1 heterocycles. The van der Waals surface area contributed by atoms with Crippen LogP contribution in [0.1, 0.15) is 11.3 Å². The Morgan fingerprint density at radius 2 is 1.63 bits per heavy atom. The Balaban J connectivity index is 1.42. The molecule has 0 bridgehead atoms. The number of aromatic nitrogens is 1. The maximum atomic E-state index is 12.0. The fraction of sp³-hybridized carbons (Fsp3) is 0.150. The van der Waals surface area contributed by atoms with Crippen molar-refractivity contribution >= 4 is 34.1 Å². The molecule has 1 aromatic heterocycles. The molecule has 7 heteroatoms. The number of nitrogens with one attached hydrogen (secondary N) is 3. The largest absolute Gasteiger partial charge is 0.355 e. The monoisotopic (exact) mass is 380 g/mol. The molecule has 3 aromatic rings. The zero-order valence-corrected chi connectivity index (χ0v) is 15.5. The fourth-order valence-corrected chi connectivity index (χ4v) is 3.15. The molecule has 0 saturated heterocycles. The minimum absolute atomic E-state index is 0.0866. The van der Waals surface area contributed by atoms with Crippen molar-refractivity contribution in [3.05, 3.63) is 77.3 Å². The lowest BCUT2D eigenvalue weighted by Crippen LogP contribution is -2.27. The van der Waals surface area contributed by atoms with Crippen LogP contribution in [-0.2, 0) is 17.6 Å². The van der Waals surface area contributed by atoms with Crippen molar-refractivity contribution < 1.29 is 9.59 Å². The second-order valence-corrected chi connectivity index (χ2v) is 6.71. The summed E-state index contributed by atoms with van der Waals surface area (Å²) in [7, 11) is 0. The first-order chi connectivity index (χ1) is 13.2. The Morgan fingerprint density at radius 3 is 2.37 bits per heavy atom. The molecule has 3 rings (SSSR count). The number of rotatable bonds is 7. The van der Waals surface area contributed by atoms with Crippen LogP contribution >= 0.6 is 11.3 Å². The number of benzene rings is 2. The molecule has 2 aromatic carbocycles. The van der Waals surface area contributed by atoms with E-state index in [4.69, 9.17) is 0 Å². The summed E-state index contributed by atoms with van der Waals surface area (Å²) in [6.07, 6.45) is 0.976. The van der Waals surface area contributed by atoms with Crippen molar-refractivity contribution in [2.45, 2.75) is 12.8 Å². The lowest BCUT2D eigenvalue weighted by atomic mass is 10.1. The van der Waals surface area contributed by atoms with Gasteiger partial charge in [0, 0.05) is 17.6 Å². The van der Waals surface area contributed by atoms with Gasteiger partial charge in [-0.2, -0.15) is 0 Å². The van der Waals surface area contributed by atoms with Gasteiger partial charge in [0.1, 0.15) is 0 Å². The summed E-state index contributed by atoms with van der Waals surface area (Å²) < 4.78 is 0. The van der Waals surface area contributed by atoms with Crippen LogP contribution in [0.25, 0.3) is 0 Å². The first kappa shape index (κ1) is 18.6. The predicted octanol–water partition coefficient (Wildman–Crippen LogP) is 3.69. The number of hydrogen-bond acceptors (Lipinski definition) is 4. The average Bonchev–Trinajstić information content (AvgIpc) is 3.10. The second kappa shape index (κ2) is 9.49. The van der Waals surface area contributed by atoms with E-state index in [0.717, 1.165) is 6.42 Å². The Bertz CT molecular complexity index is 881. The third kappa shape index (κ3) is 6.23. The molecule has 0 atom stereocenters. The third-order valence-corrected chi connectivity index (χ3v) is 4.53. The Labute approximate surface area is 161 Å². The quantitative estimate of drug-likeness (QED) is 0.585. The molecular formula is C20H20N4O2S. The van der Waals surface area contributed by atoms with E-state index in [1.807, 2.05) is 48.5 Å². The Morgan fingerprint density at radius 1 is 0.926 bits per heavy atom. The van der Waals surface area contributed by atoms with Crippen LogP contribution in [0.15, 0.2) is 66.0 Å². The van der Waals surface area contributed by atoms with Gasteiger partial charge in [-0.05, 0) is 24.1 Å². The van der Waals surface area contributed by atoms with Crippen LogP contribution in [0.4, 0.5) is 15.6 Å². The highest BCUT2D eigenvalue weighted by atomic mass is 32.1. The van der Waals surface area contributed by atoms with Gasteiger partial charge < -0.3 is 10.6 Å². The number of thiazole rings is 1. The topological polar surface area (TPSA) is 83.1 Å². The maximum absolute atomic E-state index is 12.0. The van der Waals surface area contributed by atoms with Crippen molar-refractivity contribution in [2.24, 2.45) is 0 Å². The first-order valence-electron chi connectivity index (χ1n) is 8.57. The first-order valence-corrected chi connectivity index (χ1v) is 9.45. The standard InChI is InChI=1S/C20H20N4O2S/c25-18(21-12-11-15-7-3-1-4-8-15)13-17-14-27-20(23-17)24-19(26)22-16-9-5-2-6-10-16/h1-10,14H,11-13H2,(H,21,25)(H2,22,23,24,26). The summed E-state index contributed by atoms with van der Waals surface area (Å²) >= 11 is 1.29. The lowest BCUT2D eigenvalue weighted by molar-refractivity contribution is -0.120. The SMILES string of the molecule is O=C(Cc1csc(NC(=O)Nc2ccccc2)n1)NCCc1ccccc1. The van der Waals surface area contributed by atoms with Crippen LogP contribution in [0.2, 0.25) is 0 Å². The van der Waals surface area contributed by atoms with Gasteiger partial charge in [0.2, 0.25) is 5.91 Å². The molecule has 0 saturated carbocycles. The van der Waals surface area contributed by atoms with Crippen LogP contribution in [0.5, 0.6) is 0 Å². The molecule has 0 aliphatic rings. The van der Waals surface area contributed by atoms with Crippen LogP contribution in [-0.4, -0.2) is 23.5 Å². The molecule has 0 radical (unpaired) electrons. The zero-order valence-electron chi connectivity index (χ0n) is 14.6. The van der Waals surface area contributed by atoms with Gasteiger partial charge >= 0.3 is 6.03 Å². The molecule has 3 N–H and O–H groups in total. The highest BCUT2D eigenvalue weighted by Crippen LogP contribution is 2.16. The highest BCUT2D eigenvalue weighted by molar-refractivity contribution is 7.14. The van der Waals surface area contributed by atoms with Gasteiger partial charge in [-0.15, -0.1) is 11.3 Å². The number of amides is 3. The predicted molar refractivity (Wildman–Crippen MR) is 108 cm³/mol. The molecule has 0 aliphatic heterocycles. The highest BCUT2D eigenvalue weighted by Gasteiger charge is 2.10. The third-order valence-electron chi connectivity index (χ3n) is 3.72. The van der Waals surface area contributed by atoms with Gasteiger partial charge in [0.05, 0.1) is 12.1 Å². The number of hydrogen-bond donors (Lipinski definition) is 3. The molecule has 27 heavy (non-hydrogen) atoms. The lowest BCUT2D eigenvalue weighted by Gasteiger charge is -2.05. The molecule has 0 spiro atoms. The number of carbonyl (C=O) groups excluding carboxylic acids is 2. The van der Waals surface area contributed by atoms with Gasteiger partial charge in [-0.1, -0.05) is 48.5 Å². The Kier molecular flexibility index (Phi) is 6.54. The van der Waals surface area contributed by atoms with E-state index < -0.39 is 0 Å². The van der Waals surface area contributed by atoms with Gasteiger partial charge in [0.25, 0.3) is 0 Å². The molecule has 138 valence electrons. The summed E-state index contributed by atoms with van der Waals surface area (Å²) in [4.78, 5) is 28.3. The van der Waals surface area contributed by atoms with Crippen molar-refractivity contribution in [3.8, 4) is 0 Å². The molecule has 0 aliphatic carbocycles. The summed E-state index contributed by atoms with van der Waals surface area (Å²) in [5.74, 6) is -0.0866. The van der Waals surface area contributed by atoms with Crippen LogP contribution in [0, 0.1) is 0 Å². The summed E-state index contributed by atoms with van der Waals surface area (Å²) in [5.41, 5.74) is 2.51. The number of carbonyl (C=O) groups is 2. The van der Waals surface area contributed by atoms with E-state index in [-0.39, 0.29) is 18.4 Å². The van der Waals surface area contributed by atoms with Crippen molar-refractivity contribution in [1.29, 1.82) is 0 Å². The van der Waals surface area contributed by atoms with Crippen molar-refractivity contribution in [3.63, 3.8) is 0 Å². The summed E-state index contributed by atoms with van der Waals surface area (Å²) in [5, 5.41) is 10.5.